The maximum Gasteiger partial charge on any atom is 0.241 e. The van der Waals surface area contributed by atoms with Crippen LogP contribution in [0.5, 0.6) is 0 Å². The molecular weight excluding hydrogens is 414 g/mol. The number of amides is 1. The van der Waals surface area contributed by atoms with Crippen LogP contribution in [-0.2, 0) is 11.2 Å². The summed E-state index contributed by atoms with van der Waals surface area (Å²) >= 11 is 0. The number of hydrogen-bond acceptors (Lipinski definition) is 6. The van der Waals surface area contributed by atoms with E-state index in [2.05, 4.69) is 56.6 Å². The van der Waals surface area contributed by atoms with Crippen molar-refractivity contribution in [3.05, 3.63) is 59.9 Å². The molecule has 8 nitrogen and oxygen atoms in total. The van der Waals surface area contributed by atoms with Crippen LogP contribution in [0.4, 0.5) is 0 Å². The van der Waals surface area contributed by atoms with Gasteiger partial charge in [-0.1, -0.05) is 42.5 Å². The lowest BCUT2D eigenvalue weighted by Crippen LogP contribution is -2.64. The number of fused-ring (bicyclic) bond motifs is 1. The van der Waals surface area contributed by atoms with Crippen LogP contribution in [0, 0.1) is 18.4 Å². The highest BCUT2D eigenvalue weighted by Crippen LogP contribution is 2.29. The van der Waals surface area contributed by atoms with Crippen molar-refractivity contribution in [3.63, 3.8) is 0 Å². The third-order valence-electron chi connectivity index (χ3n) is 6.59. The van der Waals surface area contributed by atoms with Crippen molar-refractivity contribution in [2.45, 2.75) is 19.4 Å². The van der Waals surface area contributed by atoms with Gasteiger partial charge < -0.3 is 9.80 Å². The second-order valence-electron chi connectivity index (χ2n) is 8.66. The predicted molar refractivity (Wildman–Crippen MR) is 125 cm³/mol. The van der Waals surface area contributed by atoms with Gasteiger partial charge in [0.1, 0.15) is 11.9 Å². The number of aryl methyl sites for hydroxylation is 1. The van der Waals surface area contributed by atoms with E-state index in [-0.39, 0.29) is 11.9 Å². The van der Waals surface area contributed by atoms with Crippen LogP contribution in [0.3, 0.4) is 0 Å². The van der Waals surface area contributed by atoms with E-state index in [0.29, 0.717) is 25.5 Å². The van der Waals surface area contributed by atoms with Crippen molar-refractivity contribution in [2.75, 3.05) is 39.3 Å². The number of carbonyl (C=O) groups excluding carboxylic acids is 1. The summed E-state index contributed by atoms with van der Waals surface area (Å²) in [6.07, 6.45) is 2.96. The van der Waals surface area contributed by atoms with E-state index in [4.69, 9.17) is 0 Å². The van der Waals surface area contributed by atoms with Gasteiger partial charge in [0.2, 0.25) is 5.91 Å². The van der Waals surface area contributed by atoms with E-state index < -0.39 is 0 Å². The molecule has 2 aliphatic rings. The zero-order valence-electron chi connectivity index (χ0n) is 18.7. The lowest BCUT2D eigenvalue weighted by Gasteiger charge is -2.45. The summed E-state index contributed by atoms with van der Waals surface area (Å²) in [5.74, 6) is 1.60. The van der Waals surface area contributed by atoms with Gasteiger partial charge in [0.15, 0.2) is 12.0 Å². The Morgan fingerprint density at radius 1 is 1.09 bits per heavy atom. The number of nitrogens with one attached hydrogen (secondary N) is 1. The Morgan fingerprint density at radius 3 is 2.67 bits per heavy atom. The molecule has 0 aliphatic carbocycles. The van der Waals surface area contributed by atoms with Crippen molar-refractivity contribution in [3.8, 4) is 28.7 Å². The summed E-state index contributed by atoms with van der Waals surface area (Å²) in [5.41, 5.74) is 4.42. The molecule has 2 saturated heterocycles. The number of carbonyl (C=O) groups is 1. The molecule has 1 unspecified atom stereocenters. The second kappa shape index (κ2) is 9.04. The average Bonchev–Trinajstić information content (AvgIpc) is 3.30. The van der Waals surface area contributed by atoms with Crippen molar-refractivity contribution in [1.82, 2.24) is 29.9 Å². The Morgan fingerprint density at radius 2 is 1.91 bits per heavy atom. The van der Waals surface area contributed by atoms with Crippen molar-refractivity contribution in [2.24, 2.45) is 0 Å². The number of hydrogen-bond donors (Lipinski definition) is 1. The number of benzene rings is 2. The Bertz CT molecular complexity index is 1180. The first-order chi connectivity index (χ1) is 16.1. The first-order valence-corrected chi connectivity index (χ1v) is 11.4. The smallest absolute Gasteiger partial charge is 0.241 e. The van der Waals surface area contributed by atoms with Gasteiger partial charge in [0.25, 0.3) is 0 Å². The van der Waals surface area contributed by atoms with E-state index in [1.807, 2.05) is 30.0 Å². The zero-order chi connectivity index (χ0) is 22.8. The van der Waals surface area contributed by atoms with Gasteiger partial charge in [0, 0.05) is 38.3 Å². The van der Waals surface area contributed by atoms with Crippen LogP contribution in [0.25, 0.3) is 22.5 Å². The van der Waals surface area contributed by atoms with Crippen LogP contribution in [-0.4, -0.2) is 81.1 Å². The van der Waals surface area contributed by atoms with Crippen LogP contribution in [0.2, 0.25) is 0 Å². The van der Waals surface area contributed by atoms with E-state index >= 15 is 0 Å². The van der Waals surface area contributed by atoms with Gasteiger partial charge in [-0.05, 0) is 36.1 Å². The van der Waals surface area contributed by atoms with Crippen LogP contribution in [0.15, 0.2) is 48.5 Å². The molecular formula is C25H27N7O. The molecule has 3 aromatic rings. The van der Waals surface area contributed by atoms with Gasteiger partial charge in [0.05, 0.1) is 6.54 Å². The number of rotatable bonds is 5. The number of H-pyrrole nitrogens is 1. The summed E-state index contributed by atoms with van der Waals surface area (Å²) in [7, 11) is 0. The normalized spacial score (nSPS) is 18.8. The van der Waals surface area contributed by atoms with Crippen molar-refractivity contribution < 1.29 is 4.79 Å². The van der Waals surface area contributed by atoms with Gasteiger partial charge in [-0.3, -0.25) is 14.8 Å². The zero-order valence-corrected chi connectivity index (χ0v) is 18.7. The topological polar surface area (TPSA) is 92.2 Å². The molecule has 2 fully saturated rings. The molecule has 3 heterocycles. The molecule has 1 atom stereocenters. The molecule has 1 N–H and O–H groups in total. The fourth-order valence-corrected chi connectivity index (χ4v) is 4.75. The molecule has 0 bridgehead atoms. The molecule has 0 saturated carbocycles. The summed E-state index contributed by atoms with van der Waals surface area (Å²) in [4.78, 5) is 23.5. The third-order valence-corrected chi connectivity index (χ3v) is 6.59. The fourth-order valence-electron chi connectivity index (χ4n) is 4.75. The number of aromatic amines is 1. The molecule has 2 aromatic carbocycles. The van der Waals surface area contributed by atoms with E-state index in [1.54, 1.807) is 4.90 Å². The summed E-state index contributed by atoms with van der Waals surface area (Å²) in [6, 6.07) is 16.4. The largest absolute Gasteiger partial charge is 0.340 e. The Kier molecular flexibility index (Phi) is 5.80. The maximum absolute atomic E-state index is 13.2. The number of aromatic nitrogens is 3. The van der Waals surface area contributed by atoms with Crippen molar-refractivity contribution in [1.29, 1.82) is 5.26 Å². The molecule has 8 heteroatoms. The molecule has 2 aliphatic heterocycles. The predicted octanol–water partition coefficient (Wildman–Crippen LogP) is 2.30. The monoisotopic (exact) mass is 441 g/mol. The summed E-state index contributed by atoms with van der Waals surface area (Å²) in [5, 5.41) is 16.5. The van der Waals surface area contributed by atoms with E-state index in [1.165, 1.54) is 5.56 Å². The Balaban J connectivity index is 1.37. The number of piperazine rings is 2. The highest BCUT2D eigenvalue weighted by atomic mass is 16.2. The third kappa shape index (κ3) is 4.32. The molecule has 1 aromatic heterocycles. The standard InChI is InChI=1S/C25H27N7O/c1-18-27-24(29-28-18)21-8-7-20(22(15-21)19-5-3-2-4-6-19)9-10-32-14-13-31-12-11-30(17-26)16-23(31)25(32)33/h2-8,15,23H,9-14,16H2,1H3,(H,27,28,29). The van der Waals surface area contributed by atoms with E-state index in [0.717, 1.165) is 48.6 Å². The molecule has 0 radical (unpaired) electrons. The minimum Gasteiger partial charge on any atom is -0.340 e. The van der Waals surface area contributed by atoms with Gasteiger partial charge in [-0.25, -0.2) is 4.98 Å². The van der Waals surface area contributed by atoms with Crippen LogP contribution < -0.4 is 0 Å². The first-order valence-electron chi connectivity index (χ1n) is 11.4. The SMILES string of the molecule is Cc1nc(-c2ccc(CCN3CCN4CCN(C#N)CC4C3=O)c(-c3ccccc3)c2)n[nH]1. The maximum atomic E-state index is 13.2. The summed E-state index contributed by atoms with van der Waals surface area (Å²) < 4.78 is 0. The van der Waals surface area contributed by atoms with Crippen LogP contribution >= 0.6 is 0 Å². The van der Waals surface area contributed by atoms with Gasteiger partial charge in [-0.15, -0.1) is 0 Å². The molecule has 168 valence electrons. The quantitative estimate of drug-likeness (QED) is 0.611. The van der Waals surface area contributed by atoms with Gasteiger partial charge >= 0.3 is 0 Å². The van der Waals surface area contributed by atoms with E-state index in [9.17, 15) is 10.1 Å². The minimum atomic E-state index is -0.211. The van der Waals surface area contributed by atoms with Crippen LogP contribution in [0.1, 0.15) is 11.4 Å². The molecule has 5 rings (SSSR count). The molecule has 1 amide bonds. The average molecular weight is 442 g/mol. The lowest BCUT2D eigenvalue weighted by atomic mass is 9.95. The van der Waals surface area contributed by atoms with Gasteiger partial charge in [-0.2, -0.15) is 10.4 Å². The Labute approximate surface area is 193 Å². The fraction of sp³-hybridized carbons (Fsp3) is 0.360. The number of nitrogens with zero attached hydrogens (tertiary/aromatic N) is 6. The number of nitriles is 1. The lowest BCUT2D eigenvalue weighted by molar-refractivity contribution is -0.144. The van der Waals surface area contributed by atoms with Crippen molar-refractivity contribution >= 4 is 5.91 Å². The summed E-state index contributed by atoms with van der Waals surface area (Å²) in [6.45, 7) is 6.12. The minimum absolute atomic E-state index is 0.135. The molecule has 33 heavy (non-hydrogen) atoms. The highest BCUT2D eigenvalue weighted by molar-refractivity contribution is 5.83. The highest BCUT2D eigenvalue weighted by Gasteiger charge is 2.38. The molecule has 0 spiro atoms. The second-order valence-corrected chi connectivity index (χ2v) is 8.66. The Hall–Kier alpha value is -3.70. The first kappa shape index (κ1) is 21.2.